The maximum atomic E-state index is 12.7. The van der Waals surface area contributed by atoms with Crippen molar-refractivity contribution in [1.82, 2.24) is 0 Å². The Morgan fingerprint density at radius 2 is 1.02 bits per heavy atom. The first kappa shape index (κ1) is 31.2. The largest absolute Gasteiger partial charge is 0.519 e. The molecule has 0 N–H and O–H groups in total. The van der Waals surface area contributed by atoms with E-state index in [-0.39, 0.29) is 16.1 Å². The van der Waals surface area contributed by atoms with E-state index in [1.807, 2.05) is 60.7 Å². The van der Waals surface area contributed by atoms with E-state index < -0.39 is 6.16 Å². The van der Waals surface area contributed by atoms with Crippen LogP contribution in [0.2, 0.25) is 0 Å². The normalized spacial score (nSPS) is 14.4. The highest BCUT2D eigenvalue weighted by atomic mass is 32.2. The van der Waals surface area contributed by atoms with Gasteiger partial charge in [0.1, 0.15) is 23.0 Å². The standard InChI is InChI=1S/C37H38O6S/c1-36(2,26-8-16-30(40-3)17-9-26)27-10-18-31(19-11-27)41-34(38)42-32-20-12-28(13-21-32)37(24-6-5-7-25-37)29-14-22-33(23-15-29)43-35(39)44-4/h8-23H,5-7,24-25H2,1-4H3. The number of carbonyl (C=O) groups is 2. The van der Waals surface area contributed by atoms with E-state index in [0.29, 0.717) is 17.2 Å². The van der Waals surface area contributed by atoms with Crippen LogP contribution in [0.3, 0.4) is 0 Å². The third-order valence-corrected chi connectivity index (χ3v) is 9.10. The monoisotopic (exact) mass is 610 g/mol. The number of rotatable bonds is 8. The van der Waals surface area contributed by atoms with Crippen molar-refractivity contribution < 1.29 is 28.5 Å². The molecule has 0 aromatic heterocycles. The van der Waals surface area contributed by atoms with Gasteiger partial charge < -0.3 is 18.9 Å². The van der Waals surface area contributed by atoms with Gasteiger partial charge in [0, 0.05) is 10.8 Å². The van der Waals surface area contributed by atoms with Crippen LogP contribution in [-0.2, 0) is 10.8 Å². The topological polar surface area (TPSA) is 71.1 Å². The molecule has 0 aliphatic heterocycles. The lowest BCUT2D eigenvalue weighted by molar-refractivity contribution is 0.152. The van der Waals surface area contributed by atoms with E-state index in [4.69, 9.17) is 18.9 Å². The lowest BCUT2D eigenvalue weighted by Gasteiger charge is -2.38. The SMILES string of the molecule is COc1ccc(C(C)(C)c2ccc(OC(=O)Oc3ccc(C4(c5ccc(OC(=O)SC)cc5)CCCCC4)cc3)cc2)cc1. The van der Waals surface area contributed by atoms with Crippen LogP contribution in [-0.4, -0.2) is 24.8 Å². The fourth-order valence-electron chi connectivity index (χ4n) is 6.05. The summed E-state index contributed by atoms with van der Waals surface area (Å²) in [5, 5.41) is -0.329. The van der Waals surface area contributed by atoms with Crippen LogP contribution in [0, 0.1) is 0 Å². The number of hydrogen-bond acceptors (Lipinski definition) is 7. The summed E-state index contributed by atoms with van der Waals surface area (Å²) < 4.78 is 21.6. The molecule has 0 atom stereocenters. The predicted octanol–water partition coefficient (Wildman–Crippen LogP) is 9.71. The first-order chi connectivity index (χ1) is 21.2. The minimum Gasteiger partial charge on any atom is -0.497 e. The zero-order valence-corrected chi connectivity index (χ0v) is 26.4. The molecule has 6 nitrogen and oxygen atoms in total. The van der Waals surface area contributed by atoms with E-state index >= 15 is 0 Å². The highest BCUT2D eigenvalue weighted by Crippen LogP contribution is 2.45. The Hall–Kier alpha value is -4.23. The Kier molecular flexibility index (Phi) is 9.64. The van der Waals surface area contributed by atoms with E-state index in [0.717, 1.165) is 54.3 Å². The molecule has 4 aromatic rings. The highest BCUT2D eigenvalue weighted by molar-refractivity contribution is 8.12. The Balaban J connectivity index is 1.24. The summed E-state index contributed by atoms with van der Waals surface area (Å²) in [6.45, 7) is 4.30. The van der Waals surface area contributed by atoms with Crippen LogP contribution in [0.1, 0.15) is 68.2 Å². The first-order valence-electron chi connectivity index (χ1n) is 14.9. The van der Waals surface area contributed by atoms with Gasteiger partial charge in [-0.1, -0.05) is 81.6 Å². The van der Waals surface area contributed by atoms with Crippen LogP contribution < -0.4 is 18.9 Å². The highest BCUT2D eigenvalue weighted by Gasteiger charge is 2.35. The van der Waals surface area contributed by atoms with Gasteiger partial charge in [-0.15, -0.1) is 0 Å². The predicted molar refractivity (Wildman–Crippen MR) is 175 cm³/mol. The molecular formula is C37H38O6S. The third-order valence-electron chi connectivity index (χ3n) is 8.68. The molecule has 0 bridgehead atoms. The summed E-state index contributed by atoms with van der Waals surface area (Å²) in [6, 6.07) is 31.1. The molecule has 7 heteroatoms. The van der Waals surface area contributed by atoms with Crippen molar-refractivity contribution >= 4 is 23.2 Å². The smallest absolute Gasteiger partial charge is 0.497 e. The Morgan fingerprint density at radius 1 is 0.614 bits per heavy atom. The van der Waals surface area contributed by atoms with Crippen LogP contribution >= 0.6 is 11.8 Å². The Labute approximate surface area is 263 Å². The number of thioether (sulfide) groups is 1. The summed E-state index contributed by atoms with van der Waals surface area (Å²) in [5.74, 6) is 2.18. The minimum absolute atomic E-state index is 0.152. The van der Waals surface area contributed by atoms with E-state index in [1.54, 1.807) is 25.5 Å². The number of hydrogen-bond donors (Lipinski definition) is 0. The number of carbonyl (C=O) groups excluding carboxylic acids is 2. The average Bonchev–Trinajstić information content (AvgIpc) is 3.06. The van der Waals surface area contributed by atoms with Gasteiger partial charge in [0.05, 0.1) is 7.11 Å². The van der Waals surface area contributed by atoms with Crippen molar-refractivity contribution in [1.29, 1.82) is 0 Å². The molecule has 0 saturated heterocycles. The van der Waals surface area contributed by atoms with Gasteiger partial charge in [-0.05, 0) is 102 Å². The van der Waals surface area contributed by atoms with Gasteiger partial charge >= 0.3 is 11.5 Å². The second-order valence-corrected chi connectivity index (χ2v) is 12.3. The van der Waals surface area contributed by atoms with Gasteiger partial charge in [0.25, 0.3) is 0 Å². The van der Waals surface area contributed by atoms with Gasteiger partial charge in [-0.3, -0.25) is 0 Å². The Bertz CT molecular complexity index is 1550. The fourth-order valence-corrected chi connectivity index (χ4v) is 6.23. The van der Waals surface area contributed by atoms with E-state index in [2.05, 4.69) is 38.1 Å². The zero-order chi connectivity index (χ0) is 31.2. The number of benzene rings is 4. The molecule has 44 heavy (non-hydrogen) atoms. The molecule has 1 aliphatic rings. The lowest BCUT2D eigenvalue weighted by atomic mass is 9.65. The second kappa shape index (κ2) is 13.6. The number of ether oxygens (including phenoxy) is 4. The quantitative estimate of drug-likeness (QED) is 0.145. The number of methoxy groups -OCH3 is 1. The van der Waals surface area contributed by atoms with Crippen molar-refractivity contribution in [3.8, 4) is 23.0 Å². The first-order valence-corrected chi connectivity index (χ1v) is 16.1. The summed E-state index contributed by atoms with van der Waals surface area (Å²) in [5.41, 5.74) is 4.20. The van der Waals surface area contributed by atoms with Crippen molar-refractivity contribution in [2.45, 2.75) is 56.8 Å². The van der Waals surface area contributed by atoms with Crippen LogP contribution in [0.25, 0.3) is 0 Å². The van der Waals surface area contributed by atoms with E-state index in [9.17, 15) is 9.59 Å². The molecule has 0 radical (unpaired) electrons. The molecular weight excluding hydrogens is 572 g/mol. The van der Waals surface area contributed by atoms with Gasteiger partial charge in [0.2, 0.25) is 0 Å². The summed E-state index contributed by atoms with van der Waals surface area (Å²) in [7, 11) is 1.66. The molecule has 5 rings (SSSR count). The fraction of sp³-hybridized carbons (Fsp3) is 0.297. The van der Waals surface area contributed by atoms with Crippen molar-refractivity contribution in [2.24, 2.45) is 0 Å². The molecule has 1 aliphatic carbocycles. The zero-order valence-electron chi connectivity index (χ0n) is 25.6. The molecule has 0 unspecified atom stereocenters. The van der Waals surface area contributed by atoms with Gasteiger partial charge in [-0.2, -0.15) is 0 Å². The van der Waals surface area contributed by atoms with Crippen LogP contribution in [0.5, 0.6) is 23.0 Å². The van der Waals surface area contributed by atoms with Crippen molar-refractivity contribution in [3.63, 3.8) is 0 Å². The average molecular weight is 611 g/mol. The molecule has 0 heterocycles. The summed E-state index contributed by atoms with van der Waals surface area (Å²) in [6.07, 6.45) is 6.41. The summed E-state index contributed by atoms with van der Waals surface area (Å²) >= 11 is 1.05. The maximum absolute atomic E-state index is 12.7. The van der Waals surface area contributed by atoms with Crippen LogP contribution in [0.4, 0.5) is 9.59 Å². The molecule has 228 valence electrons. The van der Waals surface area contributed by atoms with Crippen LogP contribution in [0.15, 0.2) is 97.1 Å². The maximum Gasteiger partial charge on any atom is 0.519 e. The second-order valence-electron chi connectivity index (χ2n) is 11.6. The van der Waals surface area contributed by atoms with Gasteiger partial charge in [0.15, 0.2) is 0 Å². The Morgan fingerprint density at radius 3 is 1.45 bits per heavy atom. The van der Waals surface area contributed by atoms with Crippen molar-refractivity contribution in [2.75, 3.05) is 13.4 Å². The minimum atomic E-state index is -0.789. The lowest BCUT2D eigenvalue weighted by Crippen LogP contribution is -2.30. The van der Waals surface area contributed by atoms with E-state index in [1.165, 1.54) is 17.5 Å². The molecule has 0 spiro atoms. The van der Waals surface area contributed by atoms with Gasteiger partial charge in [-0.25, -0.2) is 9.59 Å². The van der Waals surface area contributed by atoms with Crippen molar-refractivity contribution in [3.05, 3.63) is 119 Å². The summed E-state index contributed by atoms with van der Waals surface area (Å²) in [4.78, 5) is 24.3. The molecule has 1 saturated carbocycles. The molecule has 0 amide bonds. The third kappa shape index (κ3) is 6.94. The molecule has 1 fully saturated rings. The molecule has 4 aromatic carbocycles.